The summed E-state index contributed by atoms with van der Waals surface area (Å²) in [5.41, 5.74) is 4.92. The minimum Gasteiger partial charge on any atom is -0.331 e. The Balaban J connectivity index is 1.78. The first kappa shape index (κ1) is 12.2. The summed E-state index contributed by atoms with van der Waals surface area (Å²) in [4.78, 5) is 3.24. The van der Waals surface area contributed by atoms with Gasteiger partial charge < -0.3 is 9.55 Å². The molecule has 1 aromatic heterocycles. The molecular formula is C16H13ClN2S. The number of rotatable bonds is 2. The molecule has 1 N–H and O–H groups in total. The maximum absolute atomic E-state index is 6.33. The molecular weight excluding hydrogens is 288 g/mol. The Bertz CT molecular complexity index is 862. The molecule has 20 heavy (non-hydrogen) atoms. The summed E-state index contributed by atoms with van der Waals surface area (Å²) < 4.78 is 2.88. The van der Waals surface area contributed by atoms with Crippen LogP contribution in [0.15, 0.2) is 42.5 Å². The van der Waals surface area contributed by atoms with E-state index in [1.165, 1.54) is 11.1 Å². The van der Waals surface area contributed by atoms with Gasteiger partial charge >= 0.3 is 0 Å². The Labute approximate surface area is 127 Å². The zero-order valence-electron chi connectivity index (χ0n) is 10.8. The summed E-state index contributed by atoms with van der Waals surface area (Å²) >= 11 is 11.8. The number of benzene rings is 2. The molecule has 1 heterocycles. The molecule has 0 fully saturated rings. The van der Waals surface area contributed by atoms with Crippen LogP contribution in [0, 0.1) is 4.77 Å². The van der Waals surface area contributed by atoms with E-state index in [-0.39, 0.29) is 0 Å². The molecule has 0 amide bonds. The second kappa shape index (κ2) is 4.47. The van der Waals surface area contributed by atoms with Crippen molar-refractivity contribution in [2.24, 2.45) is 0 Å². The molecule has 2 nitrogen and oxygen atoms in total. The van der Waals surface area contributed by atoms with Crippen molar-refractivity contribution >= 4 is 34.9 Å². The molecule has 0 saturated heterocycles. The van der Waals surface area contributed by atoms with Gasteiger partial charge in [-0.15, -0.1) is 0 Å². The smallest absolute Gasteiger partial charge is 0.178 e. The highest BCUT2D eigenvalue weighted by atomic mass is 35.5. The molecule has 4 heteroatoms. The fourth-order valence-corrected chi connectivity index (χ4v) is 3.65. The van der Waals surface area contributed by atoms with E-state index < -0.39 is 0 Å². The monoisotopic (exact) mass is 300 g/mol. The van der Waals surface area contributed by atoms with Crippen LogP contribution in [-0.2, 0) is 13.0 Å². The first-order chi connectivity index (χ1) is 9.74. The van der Waals surface area contributed by atoms with Gasteiger partial charge in [-0.05, 0) is 41.9 Å². The van der Waals surface area contributed by atoms with E-state index >= 15 is 0 Å². The van der Waals surface area contributed by atoms with E-state index in [0.29, 0.717) is 5.92 Å². The van der Waals surface area contributed by atoms with E-state index in [9.17, 15) is 0 Å². The van der Waals surface area contributed by atoms with Crippen molar-refractivity contribution in [1.29, 1.82) is 0 Å². The van der Waals surface area contributed by atoms with E-state index in [2.05, 4.69) is 33.8 Å². The quantitative estimate of drug-likeness (QED) is 0.681. The van der Waals surface area contributed by atoms with Crippen LogP contribution in [0.1, 0.15) is 17.0 Å². The molecule has 0 aliphatic heterocycles. The second-order valence-corrected chi connectivity index (χ2v) is 6.07. The van der Waals surface area contributed by atoms with Crippen molar-refractivity contribution in [3.63, 3.8) is 0 Å². The first-order valence-electron chi connectivity index (χ1n) is 6.69. The number of fused-ring (bicyclic) bond motifs is 2. The van der Waals surface area contributed by atoms with Crippen molar-refractivity contribution < 1.29 is 0 Å². The molecule has 0 bridgehead atoms. The van der Waals surface area contributed by atoms with Gasteiger partial charge in [0.1, 0.15) is 0 Å². The van der Waals surface area contributed by atoms with Crippen LogP contribution in [0.2, 0.25) is 5.02 Å². The third-order valence-corrected chi connectivity index (χ3v) is 4.74. The van der Waals surface area contributed by atoms with E-state index in [4.69, 9.17) is 23.8 Å². The minimum absolute atomic E-state index is 0.535. The standard InChI is InChI=1S/C16H13ClN2S/c17-13-6-3-7-14-15(13)19(16(20)18-14)9-11-8-10-4-1-2-5-12(10)11/h1-7,11H,8-9H2,(H,18,20). The van der Waals surface area contributed by atoms with Crippen LogP contribution in [0.4, 0.5) is 0 Å². The number of H-pyrrole nitrogens is 1. The number of aromatic amines is 1. The number of nitrogens with one attached hydrogen (secondary N) is 1. The molecule has 1 aliphatic carbocycles. The molecule has 1 unspecified atom stereocenters. The van der Waals surface area contributed by atoms with Gasteiger partial charge in [0.15, 0.2) is 4.77 Å². The molecule has 3 aromatic rings. The van der Waals surface area contributed by atoms with Crippen LogP contribution in [0.25, 0.3) is 11.0 Å². The highest BCUT2D eigenvalue weighted by Crippen LogP contribution is 2.37. The lowest BCUT2D eigenvalue weighted by molar-refractivity contribution is 0.513. The van der Waals surface area contributed by atoms with Crippen LogP contribution in [0.5, 0.6) is 0 Å². The number of imidazole rings is 1. The summed E-state index contributed by atoms with van der Waals surface area (Å²) in [7, 11) is 0. The maximum Gasteiger partial charge on any atom is 0.178 e. The minimum atomic E-state index is 0.535. The summed E-state index contributed by atoms with van der Waals surface area (Å²) in [6, 6.07) is 14.5. The molecule has 0 saturated carbocycles. The molecule has 100 valence electrons. The Morgan fingerprint density at radius 3 is 2.90 bits per heavy atom. The number of para-hydroxylation sites is 1. The normalized spacial score (nSPS) is 16.9. The Kier molecular flexibility index (Phi) is 2.72. The first-order valence-corrected chi connectivity index (χ1v) is 7.47. The number of halogens is 1. The van der Waals surface area contributed by atoms with Crippen LogP contribution in [0.3, 0.4) is 0 Å². The average Bonchev–Trinajstić information content (AvgIpc) is 2.73. The van der Waals surface area contributed by atoms with Gasteiger partial charge in [0.25, 0.3) is 0 Å². The third kappa shape index (κ3) is 1.74. The highest BCUT2D eigenvalue weighted by Gasteiger charge is 2.26. The van der Waals surface area contributed by atoms with Crippen molar-refractivity contribution in [2.45, 2.75) is 18.9 Å². The van der Waals surface area contributed by atoms with Gasteiger partial charge in [0, 0.05) is 12.5 Å². The molecule has 1 aliphatic rings. The molecule has 4 rings (SSSR count). The number of hydrogen-bond acceptors (Lipinski definition) is 1. The van der Waals surface area contributed by atoms with Crippen molar-refractivity contribution in [3.8, 4) is 0 Å². The molecule has 0 spiro atoms. The lowest BCUT2D eigenvalue weighted by atomic mass is 9.77. The zero-order chi connectivity index (χ0) is 13.7. The van der Waals surface area contributed by atoms with Gasteiger partial charge in [0.2, 0.25) is 0 Å². The van der Waals surface area contributed by atoms with Crippen LogP contribution < -0.4 is 0 Å². The average molecular weight is 301 g/mol. The molecule has 1 atom stereocenters. The zero-order valence-corrected chi connectivity index (χ0v) is 12.3. The molecule has 2 aromatic carbocycles. The predicted octanol–water partition coefficient (Wildman–Crippen LogP) is 4.69. The maximum atomic E-state index is 6.33. The van der Waals surface area contributed by atoms with Gasteiger partial charge in [-0.2, -0.15) is 0 Å². The van der Waals surface area contributed by atoms with Gasteiger partial charge in [-0.25, -0.2) is 0 Å². The lowest BCUT2D eigenvalue weighted by Crippen LogP contribution is -2.21. The molecule has 0 radical (unpaired) electrons. The summed E-state index contributed by atoms with van der Waals surface area (Å²) in [6.45, 7) is 0.888. The topological polar surface area (TPSA) is 20.7 Å². The summed E-state index contributed by atoms with van der Waals surface area (Å²) in [6.07, 6.45) is 1.12. The largest absolute Gasteiger partial charge is 0.331 e. The van der Waals surface area contributed by atoms with Gasteiger partial charge in [0.05, 0.1) is 16.1 Å². The van der Waals surface area contributed by atoms with Gasteiger partial charge in [-0.1, -0.05) is 41.9 Å². The van der Waals surface area contributed by atoms with E-state index in [0.717, 1.165) is 33.8 Å². The fourth-order valence-electron chi connectivity index (χ4n) is 3.09. The highest BCUT2D eigenvalue weighted by molar-refractivity contribution is 7.71. The third-order valence-electron chi connectivity index (χ3n) is 4.11. The second-order valence-electron chi connectivity index (χ2n) is 5.28. The van der Waals surface area contributed by atoms with Crippen molar-refractivity contribution in [3.05, 3.63) is 63.4 Å². The number of hydrogen-bond donors (Lipinski definition) is 1. The van der Waals surface area contributed by atoms with Crippen molar-refractivity contribution in [2.75, 3.05) is 0 Å². The van der Waals surface area contributed by atoms with E-state index in [1.807, 2.05) is 18.2 Å². The predicted molar refractivity (Wildman–Crippen MR) is 85.0 cm³/mol. The van der Waals surface area contributed by atoms with Crippen LogP contribution in [-0.4, -0.2) is 9.55 Å². The lowest BCUT2D eigenvalue weighted by Gasteiger charge is -2.30. The number of aromatic nitrogens is 2. The Hall–Kier alpha value is -1.58. The van der Waals surface area contributed by atoms with Gasteiger partial charge in [-0.3, -0.25) is 0 Å². The fraction of sp³-hybridized carbons (Fsp3) is 0.188. The van der Waals surface area contributed by atoms with E-state index in [1.54, 1.807) is 0 Å². The summed E-state index contributed by atoms with van der Waals surface area (Å²) in [5.74, 6) is 0.535. The SMILES string of the molecule is S=c1[nH]c2cccc(Cl)c2n1CC1Cc2ccccc21. The van der Waals surface area contributed by atoms with Crippen LogP contribution >= 0.6 is 23.8 Å². The Morgan fingerprint density at radius 1 is 1.20 bits per heavy atom. The summed E-state index contributed by atoms with van der Waals surface area (Å²) in [5, 5.41) is 0.752. The Morgan fingerprint density at radius 2 is 2.05 bits per heavy atom. The van der Waals surface area contributed by atoms with Crippen molar-refractivity contribution in [1.82, 2.24) is 9.55 Å². The number of nitrogens with zero attached hydrogens (tertiary/aromatic N) is 1.